The van der Waals surface area contributed by atoms with E-state index in [1.54, 1.807) is 0 Å². The largest absolute Gasteiger partial charge is 0.472 e. The summed E-state index contributed by atoms with van der Waals surface area (Å²) in [4.78, 5) is 72.5. The topological polar surface area (TPSA) is 237 Å². The molecule has 3 N–H and O–H groups in total. The summed E-state index contributed by atoms with van der Waals surface area (Å²) in [6.07, 6.45) is 49.9. The summed E-state index contributed by atoms with van der Waals surface area (Å²) in [6.45, 7) is 9.59. The molecule has 0 bridgehead atoms. The third-order valence-electron chi connectivity index (χ3n) is 17.1. The number of aliphatic hydroxyl groups is 1. The average molecular weight is 1340 g/mol. The molecule has 6 atom stereocenters. The minimum absolute atomic E-state index is 0.107. The maximum Gasteiger partial charge on any atom is 0.472 e. The SMILES string of the molecule is CCCCCCCCCCCCCC(=O)O[C@H](COC(=O)CCCCCCCCC)COP(=O)(O)OC[C@H](O)COP(=O)(O)OC[C@@H](COC(=O)CCCCCCCCCCCCCCC(C)C)OC(=O)CCCCCCCCCCCCCCCCC(C)CC. The van der Waals surface area contributed by atoms with Crippen LogP contribution in [0.1, 0.15) is 369 Å². The molecule has 0 aromatic rings. The van der Waals surface area contributed by atoms with Crippen LogP contribution in [0.4, 0.5) is 0 Å². The second kappa shape index (κ2) is 64.1. The molecule has 0 aliphatic carbocycles. The van der Waals surface area contributed by atoms with Gasteiger partial charge in [0, 0.05) is 25.7 Å². The lowest BCUT2D eigenvalue weighted by molar-refractivity contribution is -0.161. The number of ether oxygens (including phenoxy) is 4. The van der Waals surface area contributed by atoms with Gasteiger partial charge in [-0.1, -0.05) is 318 Å². The standard InChI is InChI=1S/C72H140O17P2/c1-7-10-12-14-16-17-24-32-38-44-50-56-71(76)88-67(60-82-69(74)54-48-42-34-15-13-11-8-2)62-86-90(78,79)84-58-66(73)59-85-91(80,81)87-63-68(61-83-70(75)55-49-43-37-31-27-23-22-25-29-35-40-46-52-64(4)5)89-72(77)57-51-45-39-33-28-21-19-18-20-26-30-36-41-47-53-65(6)9-3/h64-68,73H,7-63H2,1-6H3,(H,78,79)(H,80,81)/t65?,66-,67+,68+/m0/s1. The van der Waals surface area contributed by atoms with Gasteiger partial charge in [0.15, 0.2) is 12.2 Å². The average Bonchev–Trinajstić information content (AvgIpc) is 2.24. The summed E-state index contributed by atoms with van der Waals surface area (Å²) in [5.74, 6) is -0.497. The number of carbonyl (C=O) groups is 4. The van der Waals surface area contributed by atoms with Crippen molar-refractivity contribution in [3.63, 3.8) is 0 Å². The highest BCUT2D eigenvalue weighted by molar-refractivity contribution is 7.47. The molecule has 0 fully saturated rings. The predicted octanol–water partition coefficient (Wildman–Crippen LogP) is 20.8. The molecule has 0 saturated carbocycles. The number of hydrogen-bond acceptors (Lipinski definition) is 15. The minimum atomic E-state index is -4.95. The summed E-state index contributed by atoms with van der Waals surface area (Å²) in [5, 5.41) is 10.6. The van der Waals surface area contributed by atoms with Gasteiger partial charge in [-0.05, 0) is 37.5 Å². The Kier molecular flexibility index (Phi) is 62.7. The van der Waals surface area contributed by atoms with E-state index in [-0.39, 0.29) is 25.7 Å². The fourth-order valence-electron chi connectivity index (χ4n) is 10.9. The molecule has 0 rings (SSSR count). The number of rotatable bonds is 71. The number of phosphoric ester groups is 2. The Morgan fingerprint density at radius 3 is 0.835 bits per heavy atom. The van der Waals surface area contributed by atoms with Crippen LogP contribution >= 0.6 is 15.6 Å². The van der Waals surface area contributed by atoms with Crippen LogP contribution in [0.25, 0.3) is 0 Å². The van der Waals surface area contributed by atoms with Crippen molar-refractivity contribution in [1.29, 1.82) is 0 Å². The van der Waals surface area contributed by atoms with Crippen LogP contribution in [0.5, 0.6) is 0 Å². The molecule has 0 saturated heterocycles. The van der Waals surface area contributed by atoms with Crippen LogP contribution in [0.2, 0.25) is 0 Å². The third-order valence-corrected chi connectivity index (χ3v) is 19.0. The molecule has 0 aliphatic rings. The Labute approximate surface area is 556 Å². The van der Waals surface area contributed by atoms with E-state index in [9.17, 15) is 43.2 Å². The molecule has 91 heavy (non-hydrogen) atoms. The molecular formula is C72H140O17P2. The lowest BCUT2D eigenvalue weighted by Crippen LogP contribution is -2.30. The Morgan fingerprint density at radius 1 is 0.319 bits per heavy atom. The molecular weight excluding hydrogens is 1200 g/mol. The van der Waals surface area contributed by atoms with Gasteiger partial charge in [0.05, 0.1) is 26.4 Å². The number of unbranched alkanes of at least 4 members (excludes halogenated alkanes) is 40. The first-order valence-corrected chi connectivity index (χ1v) is 40.5. The van der Waals surface area contributed by atoms with Gasteiger partial charge in [-0.2, -0.15) is 0 Å². The van der Waals surface area contributed by atoms with Crippen molar-refractivity contribution in [2.45, 2.75) is 387 Å². The van der Waals surface area contributed by atoms with Gasteiger partial charge in [0.1, 0.15) is 19.3 Å². The molecule has 0 aromatic carbocycles. The van der Waals surface area contributed by atoms with Crippen LogP contribution < -0.4 is 0 Å². The normalized spacial score (nSPS) is 14.4. The van der Waals surface area contributed by atoms with Crippen molar-refractivity contribution >= 4 is 39.5 Å². The predicted molar refractivity (Wildman–Crippen MR) is 368 cm³/mol. The Morgan fingerprint density at radius 2 is 0.560 bits per heavy atom. The van der Waals surface area contributed by atoms with Crippen molar-refractivity contribution in [3.8, 4) is 0 Å². The van der Waals surface area contributed by atoms with Gasteiger partial charge in [0.2, 0.25) is 0 Å². The highest BCUT2D eigenvalue weighted by atomic mass is 31.2. The minimum Gasteiger partial charge on any atom is -0.462 e. The maximum absolute atomic E-state index is 13.0. The van der Waals surface area contributed by atoms with E-state index in [0.717, 1.165) is 115 Å². The van der Waals surface area contributed by atoms with Gasteiger partial charge in [-0.15, -0.1) is 0 Å². The summed E-state index contributed by atoms with van der Waals surface area (Å²) < 4.78 is 68.3. The number of esters is 4. The summed E-state index contributed by atoms with van der Waals surface area (Å²) in [6, 6.07) is 0. The lowest BCUT2D eigenvalue weighted by atomic mass is 9.99. The van der Waals surface area contributed by atoms with E-state index in [1.165, 1.54) is 173 Å². The molecule has 19 heteroatoms. The fraction of sp³-hybridized carbons (Fsp3) is 0.944. The van der Waals surface area contributed by atoms with Crippen molar-refractivity contribution in [2.75, 3.05) is 39.6 Å². The first-order chi connectivity index (χ1) is 43.9. The monoisotopic (exact) mass is 1340 g/mol. The molecule has 0 aliphatic heterocycles. The van der Waals surface area contributed by atoms with Crippen LogP contribution in [0, 0.1) is 11.8 Å². The first kappa shape index (κ1) is 89.1. The number of carbonyl (C=O) groups excluding carboxylic acids is 4. The van der Waals surface area contributed by atoms with E-state index in [0.29, 0.717) is 25.7 Å². The van der Waals surface area contributed by atoms with Crippen LogP contribution in [-0.2, 0) is 65.4 Å². The van der Waals surface area contributed by atoms with Crippen LogP contribution in [0.15, 0.2) is 0 Å². The lowest BCUT2D eigenvalue weighted by Gasteiger charge is -2.21. The Hall–Kier alpha value is -1.94. The zero-order chi connectivity index (χ0) is 67.2. The third kappa shape index (κ3) is 65.1. The molecule has 17 nitrogen and oxygen atoms in total. The van der Waals surface area contributed by atoms with Gasteiger partial charge in [-0.25, -0.2) is 9.13 Å². The van der Waals surface area contributed by atoms with Gasteiger partial charge < -0.3 is 33.8 Å². The first-order valence-electron chi connectivity index (χ1n) is 37.5. The van der Waals surface area contributed by atoms with E-state index in [4.69, 9.17) is 37.0 Å². The smallest absolute Gasteiger partial charge is 0.462 e. The summed E-state index contributed by atoms with van der Waals surface area (Å²) in [5.41, 5.74) is 0. The second-order valence-corrected chi connectivity index (χ2v) is 29.6. The van der Waals surface area contributed by atoms with E-state index in [2.05, 4.69) is 41.5 Å². The summed E-state index contributed by atoms with van der Waals surface area (Å²) in [7, 11) is -9.90. The molecule has 540 valence electrons. The van der Waals surface area contributed by atoms with Crippen molar-refractivity contribution in [2.24, 2.45) is 11.8 Å². The number of phosphoric acid groups is 2. The number of hydrogen-bond donors (Lipinski definition) is 3. The van der Waals surface area contributed by atoms with E-state index < -0.39 is 97.5 Å². The molecule has 0 amide bonds. The van der Waals surface area contributed by atoms with E-state index >= 15 is 0 Å². The molecule has 0 aromatic heterocycles. The van der Waals surface area contributed by atoms with Crippen LogP contribution in [-0.4, -0.2) is 96.7 Å². The summed E-state index contributed by atoms with van der Waals surface area (Å²) >= 11 is 0. The van der Waals surface area contributed by atoms with E-state index in [1.807, 2.05) is 0 Å². The van der Waals surface area contributed by atoms with Gasteiger partial charge >= 0.3 is 39.5 Å². The Balaban J connectivity index is 5.20. The zero-order valence-corrected chi connectivity index (χ0v) is 60.9. The highest BCUT2D eigenvalue weighted by Gasteiger charge is 2.30. The molecule has 3 unspecified atom stereocenters. The second-order valence-electron chi connectivity index (χ2n) is 26.7. The highest BCUT2D eigenvalue weighted by Crippen LogP contribution is 2.45. The quantitative estimate of drug-likeness (QED) is 0.0222. The van der Waals surface area contributed by atoms with Gasteiger partial charge in [0.25, 0.3) is 0 Å². The molecule has 0 heterocycles. The van der Waals surface area contributed by atoms with Crippen molar-refractivity contribution < 1.29 is 80.2 Å². The van der Waals surface area contributed by atoms with Crippen molar-refractivity contribution in [3.05, 3.63) is 0 Å². The Bertz CT molecular complexity index is 1770. The van der Waals surface area contributed by atoms with Crippen molar-refractivity contribution in [1.82, 2.24) is 0 Å². The van der Waals surface area contributed by atoms with Gasteiger partial charge in [-0.3, -0.25) is 37.3 Å². The maximum atomic E-state index is 13.0. The van der Waals surface area contributed by atoms with Crippen LogP contribution in [0.3, 0.4) is 0 Å². The fourth-order valence-corrected chi connectivity index (χ4v) is 12.5. The molecule has 0 radical (unpaired) electrons. The number of aliphatic hydroxyl groups excluding tert-OH is 1. The molecule has 0 spiro atoms. The zero-order valence-electron chi connectivity index (χ0n) is 59.1.